The molecule has 0 fully saturated rings. The average Bonchev–Trinajstić information content (AvgIpc) is 2.42. The molecule has 0 bridgehead atoms. The fourth-order valence-corrected chi connectivity index (χ4v) is 2.58. The van der Waals surface area contributed by atoms with Crippen molar-refractivity contribution < 1.29 is 4.79 Å². The Kier molecular flexibility index (Phi) is 6.73. The van der Waals surface area contributed by atoms with E-state index >= 15 is 0 Å². The zero-order valence-electron chi connectivity index (χ0n) is 13.5. The summed E-state index contributed by atoms with van der Waals surface area (Å²) in [5.41, 5.74) is 3.21. The number of carbonyl (C=O) groups is 1. The van der Waals surface area contributed by atoms with Crippen LogP contribution in [0.3, 0.4) is 0 Å². The first-order chi connectivity index (χ1) is 9.49. The Morgan fingerprint density at radius 2 is 1.75 bits per heavy atom. The quantitative estimate of drug-likeness (QED) is 0.822. The number of carbonyl (C=O) groups excluding carboxylic acids is 1. The largest absolute Gasteiger partial charge is 0.326 e. The number of nitrogens with zero attached hydrogens (tertiary/aromatic N) is 1. The molecule has 1 amide bonds. The fraction of sp³-hybridized carbons (Fsp3) is 0.588. The molecule has 1 rings (SSSR count). The van der Waals surface area contributed by atoms with E-state index in [4.69, 9.17) is 0 Å². The molecule has 0 aliphatic carbocycles. The van der Waals surface area contributed by atoms with Gasteiger partial charge in [-0.1, -0.05) is 32.0 Å². The van der Waals surface area contributed by atoms with Gasteiger partial charge in [-0.25, -0.2) is 0 Å². The summed E-state index contributed by atoms with van der Waals surface area (Å²) in [7, 11) is 0. The molecule has 0 aromatic heterocycles. The number of anilines is 1. The maximum absolute atomic E-state index is 12.1. The lowest BCUT2D eigenvalue weighted by atomic mass is 10.1. The number of para-hydroxylation sites is 1. The maximum atomic E-state index is 12.1. The molecule has 0 saturated carbocycles. The van der Waals surface area contributed by atoms with Crippen LogP contribution in [0.2, 0.25) is 0 Å². The molecular formula is C17H28N2O. The number of rotatable bonds is 7. The van der Waals surface area contributed by atoms with E-state index in [1.54, 1.807) is 0 Å². The van der Waals surface area contributed by atoms with Crippen molar-refractivity contribution in [2.45, 2.75) is 53.5 Å². The lowest BCUT2D eigenvalue weighted by Gasteiger charge is -2.26. The maximum Gasteiger partial charge on any atom is 0.224 e. The van der Waals surface area contributed by atoms with E-state index in [2.05, 4.69) is 31.0 Å². The van der Waals surface area contributed by atoms with Gasteiger partial charge in [0.05, 0.1) is 0 Å². The Hall–Kier alpha value is -1.35. The van der Waals surface area contributed by atoms with Gasteiger partial charge in [-0.15, -0.1) is 0 Å². The predicted octanol–water partition coefficient (Wildman–Crippen LogP) is 3.75. The zero-order chi connectivity index (χ0) is 15.1. The molecule has 1 aromatic carbocycles. The van der Waals surface area contributed by atoms with E-state index in [9.17, 15) is 4.79 Å². The summed E-state index contributed by atoms with van der Waals surface area (Å²) in [6, 6.07) is 6.53. The van der Waals surface area contributed by atoms with Gasteiger partial charge in [-0.05, 0) is 51.4 Å². The molecule has 20 heavy (non-hydrogen) atoms. The summed E-state index contributed by atoms with van der Waals surface area (Å²) < 4.78 is 0. The normalized spacial score (nSPS) is 12.5. The van der Waals surface area contributed by atoms with Crippen LogP contribution in [-0.2, 0) is 4.79 Å². The summed E-state index contributed by atoms with van der Waals surface area (Å²) >= 11 is 0. The second kappa shape index (κ2) is 8.05. The highest BCUT2D eigenvalue weighted by atomic mass is 16.1. The van der Waals surface area contributed by atoms with Crippen molar-refractivity contribution >= 4 is 11.6 Å². The van der Waals surface area contributed by atoms with Crippen molar-refractivity contribution in [3.63, 3.8) is 0 Å². The third kappa shape index (κ3) is 4.64. The van der Waals surface area contributed by atoms with Crippen LogP contribution >= 0.6 is 0 Å². The molecule has 0 aliphatic rings. The van der Waals surface area contributed by atoms with Crippen LogP contribution in [0.4, 0.5) is 5.69 Å². The van der Waals surface area contributed by atoms with Gasteiger partial charge >= 0.3 is 0 Å². The molecule has 0 spiro atoms. The molecule has 112 valence electrons. The van der Waals surface area contributed by atoms with E-state index in [0.717, 1.165) is 36.3 Å². The van der Waals surface area contributed by atoms with Crippen LogP contribution in [-0.4, -0.2) is 29.9 Å². The van der Waals surface area contributed by atoms with Gasteiger partial charge in [0, 0.05) is 18.2 Å². The Morgan fingerprint density at radius 1 is 1.20 bits per heavy atom. The van der Waals surface area contributed by atoms with Crippen molar-refractivity contribution in [2.24, 2.45) is 0 Å². The van der Waals surface area contributed by atoms with Gasteiger partial charge in [0.15, 0.2) is 0 Å². The number of hydrogen-bond donors (Lipinski definition) is 1. The topological polar surface area (TPSA) is 32.3 Å². The van der Waals surface area contributed by atoms with E-state index in [1.165, 1.54) is 0 Å². The van der Waals surface area contributed by atoms with Gasteiger partial charge in [-0.2, -0.15) is 0 Å². The molecule has 3 nitrogen and oxygen atoms in total. The van der Waals surface area contributed by atoms with Gasteiger partial charge in [0.1, 0.15) is 0 Å². The minimum absolute atomic E-state index is 0.112. The van der Waals surface area contributed by atoms with E-state index in [0.29, 0.717) is 12.5 Å². The standard InChI is InChI=1S/C17H28N2O/c1-6-19(7-2)15(5)11-12-16(20)18-17-13(3)9-8-10-14(17)4/h8-10,15H,6-7,11-12H2,1-5H3,(H,18,20). The highest BCUT2D eigenvalue weighted by Gasteiger charge is 2.13. The second-order valence-corrected chi connectivity index (χ2v) is 5.42. The van der Waals surface area contributed by atoms with Crippen molar-refractivity contribution in [1.82, 2.24) is 4.90 Å². The molecule has 3 heteroatoms. The Labute approximate surface area is 123 Å². The minimum atomic E-state index is 0.112. The third-order valence-electron chi connectivity index (χ3n) is 3.97. The summed E-state index contributed by atoms with van der Waals surface area (Å²) in [4.78, 5) is 14.5. The van der Waals surface area contributed by atoms with Crippen molar-refractivity contribution in [3.8, 4) is 0 Å². The predicted molar refractivity (Wildman–Crippen MR) is 86.2 cm³/mol. The van der Waals surface area contributed by atoms with E-state index < -0.39 is 0 Å². The van der Waals surface area contributed by atoms with Crippen molar-refractivity contribution in [3.05, 3.63) is 29.3 Å². The second-order valence-electron chi connectivity index (χ2n) is 5.42. The monoisotopic (exact) mass is 276 g/mol. The Morgan fingerprint density at radius 3 is 2.25 bits per heavy atom. The fourth-order valence-electron chi connectivity index (χ4n) is 2.58. The lowest BCUT2D eigenvalue weighted by molar-refractivity contribution is -0.116. The SMILES string of the molecule is CCN(CC)C(C)CCC(=O)Nc1c(C)cccc1C. The van der Waals surface area contributed by atoms with Gasteiger partial charge in [0.25, 0.3) is 0 Å². The molecular weight excluding hydrogens is 248 g/mol. The van der Waals surface area contributed by atoms with Crippen molar-refractivity contribution in [2.75, 3.05) is 18.4 Å². The Balaban J connectivity index is 2.52. The number of nitrogens with one attached hydrogen (secondary N) is 1. The summed E-state index contributed by atoms with van der Waals surface area (Å²) in [5.74, 6) is 0.112. The van der Waals surface area contributed by atoms with Crippen LogP contribution in [0.5, 0.6) is 0 Å². The molecule has 0 aliphatic heterocycles. The summed E-state index contributed by atoms with van der Waals surface area (Å²) in [5, 5.41) is 3.05. The first-order valence-corrected chi connectivity index (χ1v) is 7.59. The number of benzene rings is 1. The van der Waals surface area contributed by atoms with E-state index in [-0.39, 0.29) is 5.91 Å². The highest BCUT2D eigenvalue weighted by molar-refractivity contribution is 5.92. The van der Waals surface area contributed by atoms with Crippen LogP contribution in [0, 0.1) is 13.8 Å². The van der Waals surface area contributed by atoms with Gasteiger partial charge in [-0.3, -0.25) is 4.79 Å². The third-order valence-corrected chi connectivity index (χ3v) is 3.97. The molecule has 0 saturated heterocycles. The first-order valence-electron chi connectivity index (χ1n) is 7.59. The van der Waals surface area contributed by atoms with Crippen LogP contribution in [0.15, 0.2) is 18.2 Å². The molecule has 1 unspecified atom stereocenters. The smallest absolute Gasteiger partial charge is 0.224 e. The summed E-state index contributed by atoms with van der Waals surface area (Å²) in [6.07, 6.45) is 1.48. The number of amides is 1. The van der Waals surface area contributed by atoms with Gasteiger partial charge < -0.3 is 10.2 Å². The lowest BCUT2D eigenvalue weighted by Crippen LogP contribution is -2.33. The minimum Gasteiger partial charge on any atom is -0.326 e. The summed E-state index contributed by atoms with van der Waals surface area (Å²) in [6.45, 7) is 12.7. The zero-order valence-corrected chi connectivity index (χ0v) is 13.5. The molecule has 1 aromatic rings. The van der Waals surface area contributed by atoms with Crippen molar-refractivity contribution in [1.29, 1.82) is 0 Å². The highest BCUT2D eigenvalue weighted by Crippen LogP contribution is 2.20. The Bertz CT molecular complexity index is 418. The van der Waals surface area contributed by atoms with Crippen LogP contribution in [0.25, 0.3) is 0 Å². The first kappa shape index (κ1) is 16.7. The molecule has 1 N–H and O–H groups in total. The van der Waals surface area contributed by atoms with Gasteiger partial charge in [0.2, 0.25) is 5.91 Å². The molecule has 0 heterocycles. The number of aryl methyl sites for hydroxylation is 2. The molecule has 0 radical (unpaired) electrons. The molecule has 1 atom stereocenters. The average molecular weight is 276 g/mol. The van der Waals surface area contributed by atoms with Crippen LogP contribution < -0.4 is 5.32 Å². The number of hydrogen-bond acceptors (Lipinski definition) is 2. The van der Waals surface area contributed by atoms with E-state index in [1.807, 2.05) is 32.0 Å². The van der Waals surface area contributed by atoms with Crippen LogP contribution in [0.1, 0.15) is 44.7 Å².